The second-order valence-corrected chi connectivity index (χ2v) is 3.02. The van der Waals surface area contributed by atoms with Crippen molar-refractivity contribution in [1.29, 1.82) is 0 Å². The predicted molar refractivity (Wildman–Crippen MR) is 49.5 cm³/mol. The Hall–Kier alpha value is -1.65. The van der Waals surface area contributed by atoms with Gasteiger partial charge in [-0.1, -0.05) is 6.92 Å². The molecule has 0 fully saturated rings. The summed E-state index contributed by atoms with van der Waals surface area (Å²) in [7, 11) is 0. The van der Waals surface area contributed by atoms with Crippen LogP contribution in [0.4, 0.5) is 0 Å². The number of nitrogens with zero attached hydrogens (tertiary/aromatic N) is 1. The van der Waals surface area contributed by atoms with Gasteiger partial charge in [0.05, 0.1) is 0 Å². The van der Waals surface area contributed by atoms with Crippen molar-refractivity contribution >= 4 is 11.8 Å². The van der Waals surface area contributed by atoms with E-state index >= 15 is 0 Å². The molecule has 0 aliphatic rings. The van der Waals surface area contributed by atoms with Crippen LogP contribution >= 0.6 is 0 Å². The molecule has 0 aliphatic heterocycles. The van der Waals surface area contributed by atoms with Crippen LogP contribution in [0.5, 0.6) is 0 Å². The van der Waals surface area contributed by atoms with Gasteiger partial charge in [0.1, 0.15) is 11.5 Å². The molecule has 1 heterocycles. The number of H-pyrrole nitrogens is 1. The lowest BCUT2D eigenvalue weighted by atomic mass is 10.2. The zero-order valence-electron chi connectivity index (χ0n) is 8.13. The topological polar surface area (TPSA) is 83.1 Å². The molecule has 1 aromatic heterocycles. The minimum atomic E-state index is -1.15. The smallest absolute Gasteiger partial charge is 0.354 e. The van der Waals surface area contributed by atoms with Crippen molar-refractivity contribution in [2.75, 3.05) is 0 Å². The number of carboxylic acid groups (broad SMARTS) is 1. The summed E-state index contributed by atoms with van der Waals surface area (Å²) in [6, 6.07) is 0. The van der Waals surface area contributed by atoms with Crippen LogP contribution < -0.4 is 0 Å². The molecule has 5 heteroatoms. The van der Waals surface area contributed by atoms with Crippen molar-refractivity contribution in [2.24, 2.45) is 0 Å². The van der Waals surface area contributed by atoms with Crippen molar-refractivity contribution in [3.63, 3.8) is 0 Å². The Labute approximate surface area is 81.2 Å². The van der Waals surface area contributed by atoms with Crippen LogP contribution in [0.1, 0.15) is 47.1 Å². The van der Waals surface area contributed by atoms with Crippen LogP contribution in [0.2, 0.25) is 0 Å². The van der Waals surface area contributed by atoms with Crippen molar-refractivity contribution in [2.45, 2.75) is 26.7 Å². The van der Waals surface area contributed by atoms with Gasteiger partial charge in [-0.2, -0.15) is 0 Å². The monoisotopic (exact) mass is 196 g/mol. The number of carboxylic acids is 1. The zero-order valence-corrected chi connectivity index (χ0v) is 8.13. The third kappa shape index (κ3) is 1.99. The highest BCUT2D eigenvalue weighted by molar-refractivity contribution is 6.02. The predicted octanol–water partition coefficient (Wildman–Crippen LogP) is 1.26. The molecule has 0 spiro atoms. The van der Waals surface area contributed by atoms with Crippen LogP contribution in [-0.4, -0.2) is 26.8 Å². The second kappa shape index (κ2) is 4.04. The highest BCUT2D eigenvalue weighted by Gasteiger charge is 2.18. The average Bonchev–Trinajstić information content (AvgIpc) is 2.49. The van der Waals surface area contributed by atoms with Gasteiger partial charge in [-0.3, -0.25) is 4.79 Å². The van der Waals surface area contributed by atoms with Gasteiger partial charge >= 0.3 is 5.97 Å². The van der Waals surface area contributed by atoms with Gasteiger partial charge in [0.15, 0.2) is 11.5 Å². The SMILES string of the molecule is CCCc1nc(C(C)=O)c(C(=O)O)[nH]1. The largest absolute Gasteiger partial charge is 0.477 e. The van der Waals surface area contributed by atoms with E-state index in [1.807, 2.05) is 6.92 Å². The number of carbonyl (C=O) groups is 2. The summed E-state index contributed by atoms with van der Waals surface area (Å²) in [6.07, 6.45) is 1.50. The molecule has 0 atom stereocenters. The van der Waals surface area contributed by atoms with Gasteiger partial charge in [0, 0.05) is 13.3 Å². The lowest BCUT2D eigenvalue weighted by Gasteiger charge is -1.89. The second-order valence-electron chi connectivity index (χ2n) is 3.02. The summed E-state index contributed by atoms with van der Waals surface area (Å²) >= 11 is 0. The fourth-order valence-electron chi connectivity index (χ4n) is 1.19. The molecule has 0 bridgehead atoms. The third-order valence-corrected chi connectivity index (χ3v) is 1.79. The number of carbonyl (C=O) groups excluding carboxylic acids is 1. The fourth-order valence-corrected chi connectivity index (χ4v) is 1.19. The molecule has 0 amide bonds. The molecule has 0 saturated heterocycles. The van der Waals surface area contributed by atoms with Crippen LogP contribution in [-0.2, 0) is 6.42 Å². The van der Waals surface area contributed by atoms with Crippen LogP contribution in [0.25, 0.3) is 0 Å². The fraction of sp³-hybridized carbons (Fsp3) is 0.444. The molecular formula is C9H12N2O3. The van der Waals surface area contributed by atoms with E-state index in [-0.39, 0.29) is 17.2 Å². The third-order valence-electron chi connectivity index (χ3n) is 1.79. The number of ketones is 1. The Morgan fingerprint density at radius 2 is 2.14 bits per heavy atom. The number of nitrogens with one attached hydrogen (secondary N) is 1. The van der Waals surface area contributed by atoms with E-state index in [0.717, 1.165) is 6.42 Å². The Morgan fingerprint density at radius 1 is 1.50 bits per heavy atom. The molecule has 1 aromatic rings. The first-order chi connectivity index (χ1) is 6.56. The van der Waals surface area contributed by atoms with Gasteiger partial charge in [0.2, 0.25) is 0 Å². The molecule has 0 unspecified atom stereocenters. The average molecular weight is 196 g/mol. The van der Waals surface area contributed by atoms with Crippen molar-refractivity contribution < 1.29 is 14.7 Å². The first kappa shape index (κ1) is 10.4. The number of hydrogen-bond acceptors (Lipinski definition) is 3. The van der Waals surface area contributed by atoms with Crippen LogP contribution in [0.15, 0.2) is 0 Å². The van der Waals surface area contributed by atoms with Gasteiger partial charge in [-0.15, -0.1) is 0 Å². The van der Waals surface area contributed by atoms with Gasteiger partial charge < -0.3 is 10.1 Å². The number of hydrogen-bond donors (Lipinski definition) is 2. The molecule has 76 valence electrons. The molecule has 0 aliphatic carbocycles. The lowest BCUT2D eigenvalue weighted by Crippen LogP contribution is -2.05. The maximum atomic E-state index is 11.0. The van der Waals surface area contributed by atoms with E-state index in [4.69, 9.17) is 5.11 Å². The van der Waals surface area contributed by atoms with E-state index in [1.165, 1.54) is 6.92 Å². The van der Waals surface area contributed by atoms with E-state index < -0.39 is 5.97 Å². The quantitative estimate of drug-likeness (QED) is 0.710. The lowest BCUT2D eigenvalue weighted by molar-refractivity contribution is 0.0686. The highest BCUT2D eigenvalue weighted by atomic mass is 16.4. The number of rotatable bonds is 4. The van der Waals surface area contributed by atoms with Gasteiger partial charge in [0.25, 0.3) is 0 Å². The van der Waals surface area contributed by atoms with E-state index in [2.05, 4.69) is 9.97 Å². The van der Waals surface area contributed by atoms with Crippen molar-refractivity contribution in [3.05, 3.63) is 17.2 Å². The highest BCUT2D eigenvalue weighted by Crippen LogP contribution is 2.08. The summed E-state index contributed by atoms with van der Waals surface area (Å²) in [6.45, 7) is 3.26. The first-order valence-corrected chi connectivity index (χ1v) is 4.39. The standard InChI is InChI=1S/C9H12N2O3/c1-3-4-6-10-7(5(2)12)8(11-6)9(13)14/h3-4H2,1-2H3,(H,10,11)(H,13,14). The number of Topliss-reactive ketones (excluding diaryl/α,β-unsaturated/α-hetero) is 1. The minimum absolute atomic E-state index is 0.0148. The molecule has 2 N–H and O–H groups in total. The number of aryl methyl sites for hydroxylation is 1. The summed E-state index contributed by atoms with van der Waals surface area (Å²) < 4.78 is 0. The Kier molecular flexibility index (Phi) is 3.01. The van der Waals surface area contributed by atoms with Crippen LogP contribution in [0.3, 0.4) is 0 Å². The van der Waals surface area contributed by atoms with Gasteiger partial charge in [-0.25, -0.2) is 9.78 Å². The van der Waals surface area contributed by atoms with E-state index in [1.54, 1.807) is 0 Å². The van der Waals surface area contributed by atoms with E-state index in [0.29, 0.717) is 12.2 Å². The maximum absolute atomic E-state index is 11.0. The summed E-state index contributed by atoms with van der Waals surface area (Å²) in [5.74, 6) is -0.929. The van der Waals surface area contributed by atoms with E-state index in [9.17, 15) is 9.59 Å². The number of aromatic carboxylic acids is 1. The summed E-state index contributed by atoms with van der Waals surface area (Å²) in [4.78, 5) is 28.3. The minimum Gasteiger partial charge on any atom is -0.477 e. The molecule has 0 saturated carbocycles. The van der Waals surface area contributed by atoms with Crippen LogP contribution in [0, 0.1) is 0 Å². The van der Waals surface area contributed by atoms with Crippen molar-refractivity contribution in [3.8, 4) is 0 Å². The maximum Gasteiger partial charge on any atom is 0.354 e. The molecular weight excluding hydrogens is 184 g/mol. The van der Waals surface area contributed by atoms with Crippen molar-refractivity contribution in [1.82, 2.24) is 9.97 Å². The zero-order chi connectivity index (χ0) is 10.7. The normalized spacial score (nSPS) is 10.1. The molecule has 0 radical (unpaired) electrons. The molecule has 0 aromatic carbocycles. The molecule has 14 heavy (non-hydrogen) atoms. The summed E-state index contributed by atoms with van der Waals surface area (Å²) in [5.41, 5.74) is -0.0955. The molecule has 5 nitrogen and oxygen atoms in total. The Balaban J connectivity index is 3.12. The first-order valence-electron chi connectivity index (χ1n) is 4.39. The number of imidazole rings is 1. The number of aromatic amines is 1. The van der Waals surface area contributed by atoms with Gasteiger partial charge in [-0.05, 0) is 6.42 Å². The number of aromatic nitrogens is 2. The molecule has 1 rings (SSSR count). The Bertz CT molecular complexity index is 337. The Morgan fingerprint density at radius 3 is 2.50 bits per heavy atom. The summed E-state index contributed by atoms with van der Waals surface area (Å²) in [5, 5.41) is 8.77.